The molecule has 1 atom stereocenters. The number of hydrogen-bond donors (Lipinski definition) is 2. The number of carbonyl (C=O) groups excluding carboxylic acids is 2. The third-order valence-corrected chi connectivity index (χ3v) is 10.2. The Kier molecular flexibility index (Phi) is 9.54. The van der Waals surface area contributed by atoms with Gasteiger partial charge in [-0.15, -0.1) is 0 Å². The number of benzene rings is 2. The van der Waals surface area contributed by atoms with Gasteiger partial charge in [0.2, 0.25) is 5.91 Å². The molecule has 0 radical (unpaired) electrons. The fraction of sp³-hybridized carbons (Fsp3) is 0.500. The summed E-state index contributed by atoms with van der Waals surface area (Å²) in [5, 5.41) is 9.25. The number of likely N-dealkylation sites (tertiary alicyclic amines) is 1. The standard InChI is InChI=1S/C28H36N2O7S/c31-20-23-4-2-22(3-5-23)6-7-24-12-16-30(27(24)32)15-1-17-37-25-8-10-26(11-9-25)38(34,35)28(21-29-33)13-18-36-19-14-28/h2-5,8-11,20,24,29,33H,1,6-7,12-19,21H2. The molecule has 1 amide bonds. The fourth-order valence-corrected chi connectivity index (χ4v) is 7.19. The van der Waals surface area contributed by atoms with Gasteiger partial charge in [-0.1, -0.05) is 24.3 Å². The number of carbonyl (C=O) groups is 2. The number of hydroxylamine groups is 1. The molecule has 2 fully saturated rings. The van der Waals surface area contributed by atoms with Gasteiger partial charge < -0.3 is 19.6 Å². The Bertz CT molecular complexity index is 1170. The molecule has 0 aromatic heterocycles. The smallest absolute Gasteiger partial charge is 0.225 e. The molecule has 1 unspecified atom stereocenters. The summed E-state index contributed by atoms with van der Waals surface area (Å²) in [6, 6.07) is 13.9. The molecule has 0 spiro atoms. The van der Waals surface area contributed by atoms with Crippen LogP contribution in [0.5, 0.6) is 5.75 Å². The van der Waals surface area contributed by atoms with E-state index in [1.165, 1.54) is 0 Å². The van der Waals surface area contributed by atoms with Crippen LogP contribution >= 0.6 is 0 Å². The van der Waals surface area contributed by atoms with Crippen LogP contribution < -0.4 is 10.2 Å². The first-order valence-electron chi connectivity index (χ1n) is 13.1. The van der Waals surface area contributed by atoms with Gasteiger partial charge >= 0.3 is 0 Å². The number of ether oxygens (including phenoxy) is 2. The van der Waals surface area contributed by atoms with Crippen molar-refractivity contribution < 1.29 is 32.7 Å². The molecule has 2 saturated heterocycles. The van der Waals surface area contributed by atoms with Crippen molar-refractivity contribution >= 4 is 22.0 Å². The second-order valence-corrected chi connectivity index (χ2v) is 12.4. The van der Waals surface area contributed by atoms with Crippen LogP contribution in [0.4, 0.5) is 0 Å². The zero-order valence-corrected chi connectivity index (χ0v) is 22.3. The summed E-state index contributed by atoms with van der Waals surface area (Å²) < 4.78 is 36.7. The lowest BCUT2D eigenvalue weighted by Crippen LogP contribution is -2.50. The van der Waals surface area contributed by atoms with Crippen LogP contribution in [0.1, 0.15) is 48.0 Å². The third kappa shape index (κ3) is 6.43. The van der Waals surface area contributed by atoms with Crippen LogP contribution in [0.25, 0.3) is 0 Å². The quantitative estimate of drug-likeness (QED) is 0.224. The molecule has 2 aromatic carbocycles. The van der Waals surface area contributed by atoms with E-state index in [-0.39, 0.29) is 23.3 Å². The summed E-state index contributed by atoms with van der Waals surface area (Å²) in [6.45, 7) is 2.39. The number of nitrogens with one attached hydrogen (secondary N) is 1. The van der Waals surface area contributed by atoms with Crippen LogP contribution in [0.2, 0.25) is 0 Å². The molecule has 2 aliphatic rings. The van der Waals surface area contributed by atoms with E-state index < -0.39 is 14.6 Å². The van der Waals surface area contributed by atoms with Crippen LogP contribution in [0, 0.1) is 5.92 Å². The molecular weight excluding hydrogens is 508 g/mol. The van der Waals surface area contributed by atoms with Crippen molar-refractivity contribution in [3.8, 4) is 5.75 Å². The predicted molar refractivity (Wildman–Crippen MR) is 141 cm³/mol. The second kappa shape index (κ2) is 12.8. The highest BCUT2D eigenvalue weighted by Crippen LogP contribution is 2.35. The van der Waals surface area contributed by atoms with Crippen molar-refractivity contribution in [3.05, 3.63) is 59.7 Å². The van der Waals surface area contributed by atoms with Crippen molar-refractivity contribution in [2.75, 3.05) is 39.5 Å². The molecule has 10 heteroatoms. The van der Waals surface area contributed by atoms with Gasteiger partial charge in [-0.2, -0.15) is 0 Å². The Morgan fingerprint density at radius 3 is 2.47 bits per heavy atom. The molecule has 2 N–H and O–H groups in total. The number of sulfone groups is 1. The average molecular weight is 545 g/mol. The van der Waals surface area contributed by atoms with Gasteiger partial charge in [0.15, 0.2) is 9.84 Å². The van der Waals surface area contributed by atoms with E-state index in [1.807, 2.05) is 22.5 Å². The maximum absolute atomic E-state index is 13.3. The van der Waals surface area contributed by atoms with E-state index in [2.05, 4.69) is 0 Å². The number of aryl methyl sites for hydroxylation is 1. The Morgan fingerprint density at radius 1 is 1.11 bits per heavy atom. The molecule has 9 nitrogen and oxygen atoms in total. The van der Waals surface area contributed by atoms with Gasteiger partial charge in [0, 0.05) is 44.3 Å². The molecule has 0 bridgehead atoms. The van der Waals surface area contributed by atoms with Crippen molar-refractivity contribution in [2.45, 2.75) is 48.2 Å². The molecule has 38 heavy (non-hydrogen) atoms. The van der Waals surface area contributed by atoms with Gasteiger partial charge in [0.05, 0.1) is 16.2 Å². The van der Waals surface area contributed by atoms with Gasteiger partial charge in [-0.25, -0.2) is 13.9 Å². The summed E-state index contributed by atoms with van der Waals surface area (Å²) in [7, 11) is -3.69. The largest absolute Gasteiger partial charge is 0.494 e. The molecule has 2 heterocycles. The Balaban J connectivity index is 1.22. The Morgan fingerprint density at radius 2 is 1.82 bits per heavy atom. The van der Waals surface area contributed by atoms with Crippen molar-refractivity contribution in [3.63, 3.8) is 0 Å². The fourth-order valence-electron chi connectivity index (χ4n) is 5.24. The highest BCUT2D eigenvalue weighted by molar-refractivity contribution is 7.92. The summed E-state index contributed by atoms with van der Waals surface area (Å²) in [4.78, 5) is 25.7. The topological polar surface area (TPSA) is 122 Å². The highest BCUT2D eigenvalue weighted by atomic mass is 32.2. The zero-order valence-electron chi connectivity index (χ0n) is 21.5. The van der Waals surface area contributed by atoms with Crippen molar-refractivity contribution in [1.29, 1.82) is 0 Å². The lowest BCUT2D eigenvalue weighted by molar-refractivity contribution is -0.131. The van der Waals surface area contributed by atoms with E-state index in [0.29, 0.717) is 56.9 Å². The summed E-state index contributed by atoms with van der Waals surface area (Å²) >= 11 is 0. The molecule has 2 aliphatic heterocycles. The predicted octanol–water partition coefficient (Wildman–Crippen LogP) is 3.05. The van der Waals surface area contributed by atoms with Gasteiger partial charge in [0.1, 0.15) is 12.0 Å². The van der Waals surface area contributed by atoms with E-state index in [4.69, 9.17) is 9.47 Å². The first-order valence-corrected chi connectivity index (χ1v) is 14.6. The minimum Gasteiger partial charge on any atom is -0.494 e. The maximum atomic E-state index is 13.3. The maximum Gasteiger partial charge on any atom is 0.225 e. The average Bonchev–Trinajstić information content (AvgIpc) is 3.30. The Hall–Kier alpha value is -2.79. The van der Waals surface area contributed by atoms with Crippen molar-refractivity contribution in [2.24, 2.45) is 5.92 Å². The third-order valence-electron chi connectivity index (χ3n) is 7.66. The van der Waals surface area contributed by atoms with Crippen LogP contribution in [0.15, 0.2) is 53.4 Å². The van der Waals surface area contributed by atoms with E-state index in [1.54, 1.807) is 36.4 Å². The number of nitrogens with zero attached hydrogens (tertiary/aromatic N) is 1. The van der Waals surface area contributed by atoms with Crippen LogP contribution in [-0.2, 0) is 25.8 Å². The van der Waals surface area contributed by atoms with Crippen LogP contribution in [-0.4, -0.2) is 74.9 Å². The lowest BCUT2D eigenvalue weighted by atomic mass is 9.98. The van der Waals surface area contributed by atoms with E-state index in [9.17, 15) is 23.2 Å². The molecule has 4 rings (SSSR count). The second-order valence-electron chi connectivity index (χ2n) is 10.0. The highest BCUT2D eigenvalue weighted by Gasteiger charge is 2.45. The number of amides is 1. The number of aldehydes is 1. The molecular formula is C28H36N2O7S. The summed E-state index contributed by atoms with van der Waals surface area (Å²) in [6.07, 6.45) is 4.58. The zero-order chi connectivity index (χ0) is 27.0. The van der Waals surface area contributed by atoms with Crippen LogP contribution in [0.3, 0.4) is 0 Å². The monoisotopic (exact) mass is 544 g/mol. The van der Waals surface area contributed by atoms with E-state index >= 15 is 0 Å². The summed E-state index contributed by atoms with van der Waals surface area (Å²) in [5.74, 6) is 0.774. The van der Waals surface area contributed by atoms with Gasteiger partial charge in [-0.3, -0.25) is 9.59 Å². The normalized spacial score (nSPS) is 19.4. The molecule has 206 valence electrons. The van der Waals surface area contributed by atoms with E-state index in [0.717, 1.165) is 37.7 Å². The molecule has 0 aliphatic carbocycles. The number of hydrogen-bond acceptors (Lipinski definition) is 8. The summed E-state index contributed by atoms with van der Waals surface area (Å²) in [5.41, 5.74) is 3.83. The minimum absolute atomic E-state index is 0.0243. The molecule has 0 saturated carbocycles. The van der Waals surface area contributed by atoms with Gasteiger partial charge in [0.25, 0.3) is 0 Å². The number of rotatable bonds is 13. The first-order chi connectivity index (χ1) is 18.4. The Labute approximate surface area is 224 Å². The first kappa shape index (κ1) is 28.2. The lowest BCUT2D eigenvalue weighted by Gasteiger charge is -2.36. The SMILES string of the molecule is O=Cc1ccc(CCC2CCN(CCCOc3ccc(S(=O)(=O)C4(CNO)CCOCC4)cc3)C2=O)cc1. The minimum atomic E-state index is -3.69. The van der Waals surface area contributed by atoms with Gasteiger partial charge in [-0.05, 0) is 68.4 Å². The van der Waals surface area contributed by atoms with Crippen molar-refractivity contribution in [1.82, 2.24) is 10.4 Å². The molecule has 2 aromatic rings.